The molecule has 0 fully saturated rings. The SMILES string of the molecule is NC1NC(c2ccco2)=C(c2ccncn2)C=C1Br. The Hall–Kier alpha value is -1.92. The molecule has 0 aliphatic carbocycles. The molecule has 2 aromatic heterocycles. The van der Waals surface area contributed by atoms with Crippen molar-refractivity contribution in [1.29, 1.82) is 0 Å². The largest absolute Gasteiger partial charge is 0.463 e. The molecule has 0 amide bonds. The molecule has 3 rings (SSSR count). The summed E-state index contributed by atoms with van der Waals surface area (Å²) in [4.78, 5) is 8.19. The Morgan fingerprint density at radius 1 is 1.37 bits per heavy atom. The van der Waals surface area contributed by atoms with Crippen molar-refractivity contribution < 1.29 is 4.42 Å². The zero-order valence-electron chi connectivity index (χ0n) is 9.88. The molecule has 19 heavy (non-hydrogen) atoms. The Balaban J connectivity index is 2.17. The van der Waals surface area contributed by atoms with Crippen LogP contribution in [0.1, 0.15) is 11.5 Å². The second-order valence-corrected chi connectivity index (χ2v) is 4.93. The van der Waals surface area contributed by atoms with E-state index < -0.39 is 0 Å². The van der Waals surface area contributed by atoms with Gasteiger partial charge in [-0.15, -0.1) is 0 Å². The second kappa shape index (κ2) is 4.99. The minimum Gasteiger partial charge on any atom is -0.463 e. The van der Waals surface area contributed by atoms with Gasteiger partial charge in [-0.05, 0) is 24.3 Å². The predicted octanol–water partition coefficient (Wildman–Crippen LogP) is 2.10. The highest BCUT2D eigenvalue weighted by molar-refractivity contribution is 9.11. The van der Waals surface area contributed by atoms with Crippen LogP contribution in [-0.4, -0.2) is 16.1 Å². The molecule has 1 unspecified atom stereocenters. The minimum absolute atomic E-state index is 0.300. The van der Waals surface area contributed by atoms with Crippen molar-refractivity contribution in [1.82, 2.24) is 15.3 Å². The summed E-state index contributed by atoms with van der Waals surface area (Å²) in [6.07, 6.45) is 6.48. The monoisotopic (exact) mass is 318 g/mol. The maximum absolute atomic E-state index is 5.98. The van der Waals surface area contributed by atoms with Gasteiger partial charge in [-0.25, -0.2) is 9.97 Å². The van der Waals surface area contributed by atoms with Crippen LogP contribution < -0.4 is 11.1 Å². The molecule has 0 radical (unpaired) electrons. The van der Waals surface area contributed by atoms with Crippen molar-refractivity contribution >= 4 is 27.2 Å². The topological polar surface area (TPSA) is 77.0 Å². The van der Waals surface area contributed by atoms with Crippen molar-refractivity contribution in [3.8, 4) is 0 Å². The summed E-state index contributed by atoms with van der Waals surface area (Å²) in [5, 5.41) is 3.21. The highest BCUT2D eigenvalue weighted by Crippen LogP contribution is 2.31. The number of hydrogen-bond acceptors (Lipinski definition) is 5. The Bertz CT molecular complexity index is 634. The van der Waals surface area contributed by atoms with E-state index in [4.69, 9.17) is 10.2 Å². The Morgan fingerprint density at radius 2 is 2.26 bits per heavy atom. The van der Waals surface area contributed by atoms with Crippen molar-refractivity contribution in [2.45, 2.75) is 6.17 Å². The van der Waals surface area contributed by atoms with E-state index in [1.54, 1.807) is 12.5 Å². The average Bonchev–Trinajstić information content (AvgIpc) is 2.96. The van der Waals surface area contributed by atoms with E-state index in [9.17, 15) is 0 Å². The number of hydrogen-bond donors (Lipinski definition) is 2. The van der Waals surface area contributed by atoms with Crippen LogP contribution in [0.4, 0.5) is 0 Å². The lowest BCUT2D eigenvalue weighted by Gasteiger charge is -2.23. The van der Waals surface area contributed by atoms with Gasteiger partial charge < -0.3 is 15.5 Å². The summed E-state index contributed by atoms with van der Waals surface area (Å²) in [5.74, 6) is 0.723. The van der Waals surface area contributed by atoms with Gasteiger partial charge >= 0.3 is 0 Å². The third-order valence-electron chi connectivity index (χ3n) is 2.77. The maximum Gasteiger partial charge on any atom is 0.150 e. The van der Waals surface area contributed by atoms with Gasteiger partial charge in [0.1, 0.15) is 18.3 Å². The van der Waals surface area contributed by atoms with Crippen LogP contribution in [0, 0.1) is 0 Å². The molecule has 1 aliphatic rings. The number of allylic oxidation sites excluding steroid dienone is 2. The van der Waals surface area contributed by atoms with E-state index >= 15 is 0 Å². The van der Waals surface area contributed by atoms with Crippen LogP contribution in [0.25, 0.3) is 11.3 Å². The molecule has 96 valence electrons. The molecule has 1 atom stereocenters. The van der Waals surface area contributed by atoms with Gasteiger partial charge in [0.15, 0.2) is 0 Å². The summed E-state index contributed by atoms with van der Waals surface area (Å²) in [7, 11) is 0. The van der Waals surface area contributed by atoms with Gasteiger partial charge in [-0.2, -0.15) is 0 Å². The van der Waals surface area contributed by atoms with Crippen LogP contribution in [-0.2, 0) is 0 Å². The molecule has 5 nitrogen and oxygen atoms in total. The fourth-order valence-corrected chi connectivity index (χ4v) is 2.22. The molecule has 0 saturated carbocycles. The number of aromatic nitrogens is 2. The van der Waals surface area contributed by atoms with E-state index in [1.165, 1.54) is 6.33 Å². The van der Waals surface area contributed by atoms with Crippen LogP contribution in [0.3, 0.4) is 0 Å². The molecule has 1 aliphatic heterocycles. The van der Waals surface area contributed by atoms with Crippen LogP contribution >= 0.6 is 15.9 Å². The predicted molar refractivity (Wildman–Crippen MR) is 75.7 cm³/mol. The average molecular weight is 319 g/mol. The molecule has 3 heterocycles. The summed E-state index contributed by atoms with van der Waals surface area (Å²) >= 11 is 3.45. The number of nitrogens with two attached hydrogens (primary N) is 1. The number of dihydropyridines is 1. The normalized spacial score (nSPS) is 19.1. The molecule has 2 aromatic rings. The number of nitrogens with one attached hydrogen (secondary N) is 1. The second-order valence-electron chi connectivity index (χ2n) is 4.01. The third kappa shape index (κ3) is 2.32. The van der Waals surface area contributed by atoms with E-state index in [2.05, 4.69) is 31.2 Å². The summed E-state index contributed by atoms with van der Waals surface area (Å²) in [6, 6.07) is 5.55. The summed E-state index contributed by atoms with van der Waals surface area (Å²) in [5.41, 5.74) is 8.51. The highest BCUT2D eigenvalue weighted by atomic mass is 79.9. The van der Waals surface area contributed by atoms with Crippen molar-refractivity contribution in [3.63, 3.8) is 0 Å². The Kier molecular flexibility index (Phi) is 3.18. The van der Waals surface area contributed by atoms with E-state index in [1.807, 2.05) is 24.3 Å². The lowest BCUT2D eigenvalue weighted by molar-refractivity contribution is 0.543. The summed E-state index contributed by atoms with van der Waals surface area (Å²) in [6.45, 7) is 0. The summed E-state index contributed by atoms with van der Waals surface area (Å²) < 4.78 is 6.30. The number of rotatable bonds is 2. The van der Waals surface area contributed by atoms with Gasteiger partial charge in [0.2, 0.25) is 0 Å². The van der Waals surface area contributed by atoms with Crippen LogP contribution in [0.5, 0.6) is 0 Å². The highest BCUT2D eigenvalue weighted by Gasteiger charge is 2.22. The van der Waals surface area contributed by atoms with E-state index in [-0.39, 0.29) is 6.17 Å². The number of nitrogens with zero attached hydrogens (tertiary/aromatic N) is 2. The van der Waals surface area contributed by atoms with Crippen molar-refractivity contribution in [2.24, 2.45) is 5.73 Å². The van der Waals surface area contributed by atoms with Gasteiger partial charge in [0.05, 0.1) is 17.7 Å². The van der Waals surface area contributed by atoms with Gasteiger partial charge in [0, 0.05) is 16.3 Å². The van der Waals surface area contributed by atoms with Crippen LogP contribution in [0.2, 0.25) is 0 Å². The van der Waals surface area contributed by atoms with Gasteiger partial charge in [0.25, 0.3) is 0 Å². The molecule has 0 saturated heterocycles. The first-order valence-electron chi connectivity index (χ1n) is 5.69. The van der Waals surface area contributed by atoms with E-state index in [0.29, 0.717) is 0 Å². The molecule has 3 N–H and O–H groups in total. The molecule has 0 spiro atoms. The fourth-order valence-electron chi connectivity index (χ4n) is 1.88. The molecule has 0 aromatic carbocycles. The van der Waals surface area contributed by atoms with E-state index in [0.717, 1.165) is 27.2 Å². The molecular formula is C13H11BrN4O. The lowest BCUT2D eigenvalue weighted by atomic mass is 10.0. The number of furan rings is 1. The van der Waals surface area contributed by atoms with Crippen molar-refractivity contribution in [3.05, 3.63) is 59.0 Å². The van der Waals surface area contributed by atoms with Gasteiger partial charge in [-0.1, -0.05) is 15.9 Å². The first-order chi connectivity index (χ1) is 9.25. The maximum atomic E-state index is 5.98. The first kappa shape index (κ1) is 12.1. The number of halogens is 1. The third-order valence-corrected chi connectivity index (χ3v) is 3.50. The zero-order valence-corrected chi connectivity index (χ0v) is 11.5. The van der Waals surface area contributed by atoms with Crippen molar-refractivity contribution in [2.75, 3.05) is 0 Å². The smallest absolute Gasteiger partial charge is 0.150 e. The Morgan fingerprint density at radius 3 is 2.95 bits per heavy atom. The molecule has 0 bridgehead atoms. The standard InChI is InChI=1S/C13H11BrN4O/c14-9-6-8(10-3-4-16-7-17-10)12(18-13(9)15)11-2-1-5-19-11/h1-7,13,18H,15H2. The van der Waals surface area contributed by atoms with Gasteiger partial charge in [-0.3, -0.25) is 0 Å². The lowest BCUT2D eigenvalue weighted by Crippen LogP contribution is -2.38. The molecular weight excluding hydrogens is 308 g/mol. The zero-order chi connectivity index (χ0) is 13.2. The fraction of sp³-hybridized carbons (Fsp3) is 0.0769. The quantitative estimate of drug-likeness (QED) is 0.886. The first-order valence-corrected chi connectivity index (χ1v) is 6.49. The molecule has 6 heteroatoms. The minimum atomic E-state index is -0.300. The Labute approximate surface area is 118 Å². The van der Waals surface area contributed by atoms with Crippen LogP contribution in [0.15, 0.2) is 52.0 Å².